The Balaban J connectivity index is 1.49. The van der Waals surface area contributed by atoms with E-state index in [0.29, 0.717) is 36.8 Å². The van der Waals surface area contributed by atoms with E-state index < -0.39 is 21.8 Å². The van der Waals surface area contributed by atoms with Gasteiger partial charge < -0.3 is 14.8 Å². The Bertz CT molecular complexity index is 943. The van der Waals surface area contributed by atoms with Gasteiger partial charge in [-0.1, -0.05) is 0 Å². The van der Waals surface area contributed by atoms with Crippen LogP contribution in [0.4, 0.5) is 5.69 Å². The summed E-state index contributed by atoms with van der Waals surface area (Å²) in [4.78, 5) is 24.8. The second-order valence-electron chi connectivity index (χ2n) is 7.01. The van der Waals surface area contributed by atoms with Gasteiger partial charge in [-0.05, 0) is 18.6 Å². The van der Waals surface area contributed by atoms with Crippen LogP contribution in [-0.2, 0) is 19.4 Å². The summed E-state index contributed by atoms with van der Waals surface area (Å²) in [6.45, 7) is 1.12. The molecule has 2 amide bonds. The zero-order valence-corrected chi connectivity index (χ0v) is 16.0. The Morgan fingerprint density at radius 1 is 1.18 bits per heavy atom. The first-order chi connectivity index (χ1) is 13.4. The van der Waals surface area contributed by atoms with Gasteiger partial charge in [0.1, 0.15) is 5.71 Å². The lowest BCUT2D eigenvalue weighted by Gasteiger charge is -2.27. The fraction of sp³-hybridized carbons (Fsp3) is 0.500. The molecule has 0 radical (unpaired) electrons. The van der Waals surface area contributed by atoms with Crippen molar-refractivity contribution in [2.45, 2.75) is 31.7 Å². The predicted molar refractivity (Wildman–Crippen MR) is 101 cm³/mol. The second-order valence-corrected chi connectivity index (χ2v) is 9.24. The van der Waals surface area contributed by atoms with E-state index in [1.54, 1.807) is 18.2 Å². The molecule has 9 nitrogen and oxygen atoms in total. The number of amides is 2. The minimum atomic E-state index is -3.16. The average Bonchev–Trinajstić information content (AvgIpc) is 2.87. The van der Waals surface area contributed by atoms with Crippen molar-refractivity contribution < 1.29 is 27.5 Å². The van der Waals surface area contributed by atoms with Crippen LogP contribution in [0.25, 0.3) is 0 Å². The van der Waals surface area contributed by atoms with Gasteiger partial charge in [0.15, 0.2) is 21.3 Å². The van der Waals surface area contributed by atoms with Crippen LogP contribution in [0.2, 0.25) is 0 Å². The first-order valence-corrected chi connectivity index (χ1v) is 11.0. The summed E-state index contributed by atoms with van der Waals surface area (Å²) in [6.07, 6.45) is 1.47. The third-order valence-corrected chi connectivity index (χ3v) is 6.63. The number of sulfone groups is 1. The van der Waals surface area contributed by atoms with Crippen molar-refractivity contribution in [2.75, 3.05) is 30.0 Å². The highest BCUT2D eigenvalue weighted by Gasteiger charge is 2.37. The molecular weight excluding hydrogens is 386 g/mol. The summed E-state index contributed by atoms with van der Waals surface area (Å²) >= 11 is 0. The van der Waals surface area contributed by atoms with Gasteiger partial charge in [-0.25, -0.2) is 13.4 Å². The van der Waals surface area contributed by atoms with E-state index in [1.165, 1.54) is 5.01 Å². The van der Waals surface area contributed by atoms with Gasteiger partial charge in [-0.2, -0.15) is 5.10 Å². The fourth-order valence-electron chi connectivity index (χ4n) is 3.43. The number of nitrogens with one attached hydrogen (secondary N) is 1. The first-order valence-electron chi connectivity index (χ1n) is 9.22. The number of anilines is 1. The van der Waals surface area contributed by atoms with Gasteiger partial charge in [-0.15, -0.1) is 0 Å². The molecule has 1 N–H and O–H groups in total. The van der Waals surface area contributed by atoms with E-state index in [2.05, 4.69) is 10.4 Å². The second kappa shape index (κ2) is 7.42. The number of benzene rings is 1. The minimum absolute atomic E-state index is 0.0374. The number of hydrazone groups is 1. The van der Waals surface area contributed by atoms with Crippen LogP contribution in [0.15, 0.2) is 23.3 Å². The summed E-state index contributed by atoms with van der Waals surface area (Å²) in [6, 6.07) is 4.63. The lowest BCUT2D eigenvalue weighted by molar-refractivity contribution is -0.133. The molecule has 10 heteroatoms. The lowest BCUT2D eigenvalue weighted by atomic mass is 10.1. The van der Waals surface area contributed by atoms with Crippen molar-refractivity contribution in [1.29, 1.82) is 0 Å². The number of carbonyl (C=O) groups is 2. The SMILES string of the molecule is O=C(Nc1ccc2c(c1)OCCCO2)C1=NN([C@@H]2CCS(=O)(=O)C2)C(=O)CC1. The molecule has 1 atom stereocenters. The maximum atomic E-state index is 12.6. The smallest absolute Gasteiger partial charge is 0.271 e. The van der Waals surface area contributed by atoms with Crippen LogP contribution in [0, 0.1) is 0 Å². The highest BCUT2D eigenvalue weighted by atomic mass is 32.2. The molecule has 0 spiro atoms. The van der Waals surface area contributed by atoms with Gasteiger partial charge in [0.25, 0.3) is 5.91 Å². The van der Waals surface area contributed by atoms with Crippen molar-refractivity contribution in [3.05, 3.63) is 18.2 Å². The highest BCUT2D eigenvalue weighted by Crippen LogP contribution is 2.32. The van der Waals surface area contributed by atoms with Crippen molar-refractivity contribution >= 4 is 33.1 Å². The maximum absolute atomic E-state index is 12.6. The van der Waals surface area contributed by atoms with Crippen LogP contribution in [0.5, 0.6) is 11.5 Å². The summed E-state index contributed by atoms with van der Waals surface area (Å²) in [5, 5.41) is 8.12. The molecule has 0 unspecified atom stereocenters. The molecule has 1 saturated heterocycles. The summed E-state index contributed by atoms with van der Waals surface area (Å²) in [7, 11) is -3.16. The molecule has 0 bridgehead atoms. The third-order valence-electron chi connectivity index (χ3n) is 4.88. The van der Waals surface area contributed by atoms with Crippen LogP contribution < -0.4 is 14.8 Å². The molecular formula is C18H21N3O6S. The predicted octanol–water partition coefficient (Wildman–Crippen LogP) is 0.952. The van der Waals surface area contributed by atoms with Crippen LogP contribution >= 0.6 is 0 Å². The Morgan fingerprint density at radius 3 is 2.71 bits per heavy atom. The number of hydrogen-bond acceptors (Lipinski definition) is 7. The van der Waals surface area contributed by atoms with Crippen LogP contribution in [0.3, 0.4) is 0 Å². The zero-order chi connectivity index (χ0) is 19.7. The average molecular weight is 407 g/mol. The standard InChI is InChI=1S/C18H21N3O6S/c22-17-5-3-14(20-21(17)13-6-9-28(24,25)11-13)18(23)19-12-2-4-15-16(10-12)27-8-1-7-26-15/h2,4,10,13H,1,3,5-9,11H2,(H,19,23)/t13-/m1/s1. The number of carbonyl (C=O) groups excluding carboxylic acids is 2. The van der Waals surface area contributed by atoms with Gasteiger partial charge in [0.2, 0.25) is 5.91 Å². The Kier molecular flexibility index (Phi) is 4.96. The van der Waals surface area contributed by atoms with E-state index in [-0.39, 0.29) is 36.0 Å². The van der Waals surface area contributed by atoms with Gasteiger partial charge in [0.05, 0.1) is 30.8 Å². The highest BCUT2D eigenvalue weighted by molar-refractivity contribution is 7.91. The quantitative estimate of drug-likeness (QED) is 0.798. The number of hydrogen-bond donors (Lipinski definition) is 1. The number of fused-ring (bicyclic) bond motifs is 1. The van der Waals surface area contributed by atoms with Crippen molar-refractivity contribution in [3.63, 3.8) is 0 Å². The van der Waals surface area contributed by atoms with E-state index in [0.717, 1.165) is 6.42 Å². The molecule has 1 fully saturated rings. The van der Waals surface area contributed by atoms with Crippen LogP contribution in [0.1, 0.15) is 25.7 Å². The summed E-state index contributed by atoms with van der Waals surface area (Å²) in [5.74, 6) is 0.440. The van der Waals surface area contributed by atoms with Crippen molar-refractivity contribution in [1.82, 2.24) is 5.01 Å². The Morgan fingerprint density at radius 2 is 1.96 bits per heavy atom. The molecule has 3 heterocycles. The molecule has 0 aliphatic carbocycles. The first kappa shape index (κ1) is 18.7. The third kappa shape index (κ3) is 3.96. The topological polar surface area (TPSA) is 114 Å². The minimum Gasteiger partial charge on any atom is -0.490 e. The Labute approximate surface area is 162 Å². The van der Waals surface area contributed by atoms with Crippen LogP contribution in [-0.4, -0.2) is 61.7 Å². The van der Waals surface area contributed by atoms with Gasteiger partial charge in [0, 0.05) is 31.0 Å². The monoisotopic (exact) mass is 407 g/mol. The molecule has 0 aromatic heterocycles. The molecule has 1 aromatic rings. The summed E-state index contributed by atoms with van der Waals surface area (Å²) in [5.41, 5.74) is 0.736. The molecule has 0 saturated carbocycles. The van der Waals surface area contributed by atoms with Gasteiger partial charge in [-0.3, -0.25) is 9.59 Å². The van der Waals surface area contributed by atoms with Gasteiger partial charge >= 0.3 is 0 Å². The summed E-state index contributed by atoms with van der Waals surface area (Å²) < 4.78 is 34.6. The normalized spacial score (nSPS) is 23.7. The molecule has 3 aliphatic heterocycles. The van der Waals surface area contributed by atoms with Crippen molar-refractivity contribution in [3.8, 4) is 11.5 Å². The molecule has 4 rings (SSSR count). The number of nitrogens with zero attached hydrogens (tertiary/aromatic N) is 2. The largest absolute Gasteiger partial charge is 0.490 e. The fourth-order valence-corrected chi connectivity index (χ4v) is 5.12. The molecule has 150 valence electrons. The molecule has 28 heavy (non-hydrogen) atoms. The van der Waals surface area contributed by atoms with E-state index in [4.69, 9.17) is 9.47 Å². The van der Waals surface area contributed by atoms with E-state index in [9.17, 15) is 18.0 Å². The van der Waals surface area contributed by atoms with E-state index >= 15 is 0 Å². The zero-order valence-electron chi connectivity index (χ0n) is 15.2. The molecule has 1 aromatic carbocycles. The Hall–Kier alpha value is -2.62. The number of rotatable bonds is 3. The van der Waals surface area contributed by atoms with E-state index in [1.807, 2.05) is 0 Å². The maximum Gasteiger partial charge on any atom is 0.271 e. The lowest BCUT2D eigenvalue weighted by Crippen LogP contribution is -2.42. The number of ether oxygens (including phenoxy) is 2. The molecule has 3 aliphatic rings. The van der Waals surface area contributed by atoms with Crippen molar-refractivity contribution in [2.24, 2.45) is 5.10 Å².